The van der Waals surface area contributed by atoms with Crippen LogP contribution in [0.4, 0.5) is 0 Å². The molecule has 39 heavy (non-hydrogen) atoms. The summed E-state index contributed by atoms with van der Waals surface area (Å²) in [6, 6.07) is 28.2. The summed E-state index contributed by atoms with van der Waals surface area (Å²) < 4.78 is 12.5. The van der Waals surface area contributed by atoms with Crippen LogP contribution in [0, 0.1) is 6.92 Å². The molecule has 0 aliphatic carbocycles. The molecular formula is C33H33Cl2NO3. The second kappa shape index (κ2) is 14.1. The fourth-order valence-corrected chi connectivity index (χ4v) is 4.71. The average Bonchev–Trinajstić information content (AvgIpc) is 2.94. The molecule has 1 amide bonds. The van der Waals surface area contributed by atoms with Crippen LogP contribution in [0.5, 0.6) is 11.5 Å². The Bertz CT molecular complexity index is 1410. The maximum Gasteiger partial charge on any atom is 0.216 e. The molecule has 0 saturated heterocycles. The standard InChI is InChI=1S/C33H33Cl2NO3/c1-23-28(12-8-13-30(23)26-9-4-3-5-10-26)22-38-29-16-15-27(11-6-7-18-36-24(2)37)33(20-29)39-21-25-14-17-31(34)32(35)19-25/h3-5,8-10,12-17,19-20H,6-7,11,18,21-22H2,1-2H3,(H,36,37). The lowest BCUT2D eigenvalue weighted by molar-refractivity contribution is -0.118. The third kappa shape index (κ3) is 8.26. The van der Waals surface area contributed by atoms with Crippen molar-refractivity contribution in [2.75, 3.05) is 6.54 Å². The Morgan fingerprint density at radius 1 is 0.795 bits per heavy atom. The van der Waals surface area contributed by atoms with Gasteiger partial charge in [-0.15, -0.1) is 0 Å². The van der Waals surface area contributed by atoms with Crippen LogP contribution >= 0.6 is 23.2 Å². The van der Waals surface area contributed by atoms with Gasteiger partial charge in [0.15, 0.2) is 0 Å². The van der Waals surface area contributed by atoms with E-state index in [2.05, 4.69) is 60.8 Å². The third-order valence-electron chi connectivity index (χ3n) is 6.59. The van der Waals surface area contributed by atoms with Crippen LogP contribution in [-0.4, -0.2) is 12.5 Å². The number of amides is 1. The van der Waals surface area contributed by atoms with Gasteiger partial charge in [0.1, 0.15) is 24.7 Å². The van der Waals surface area contributed by atoms with Crippen LogP contribution in [0.25, 0.3) is 11.1 Å². The molecule has 1 N–H and O–H groups in total. The molecule has 0 atom stereocenters. The summed E-state index contributed by atoms with van der Waals surface area (Å²) in [5.74, 6) is 1.50. The molecule has 0 radical (unpaired) electrons. The van der Waals surface area contributed by atoms with Crippen molar-refractivity contribution in [3.8, 4) is 22.6 Å². The van der Waals surface area contributed by atoms with Crippen molar-refractivity contribution in [1.29, 1.82) is 0 Å². The summed E-state index contributed by atoms with van der Waals surface area (Å²) >= 11 is 12.3. The van der Waals surface area contributed by atoms with Gasteiger partial charge in [-0.25, -0.2) is 0 Å². The summed E-state index contributed by atoms with van der Waals surface area (Å²) in [5.41, 5.74) is 6.76. The highest BCUT2D eigenvalue weighted by atomic mass is 35.5. The first kappa shape index (κ1) is 28.5. The van der Waals surface area contributed by atoms with Gasteiger partial charge in [0.05, 0.1) is 10.0 Å². The maximum atomic E-state index is 11.1. The molecule has 4 aromatic rings. The predicted octanol–water partition coefficient (Wildman–Crippen LogP) is 8.59. The van der Waals surface area contributed by atoms with Crippen molar-refractivity contribution in [3.63, 3.8) is 0 Å². The van der Waals surface area contributed by atoms with E-state index in [1.807, 2.05) is 30.3 Å². The van der Waals surface area contributed by atoms with Crippen molar-refractivity contribution in [2.24, 2.45) is 0 Å². The van der Waals surface area contributed by atoms with E-state index in [4.69, 9.17) is 32.7 Å². The van der Waals surface area contributed by atoms with Gasteiger partial charge in [-0.05, 0) is 77.8 Å². The van der Waals surface area contributed by atoms with Gasteiger partial charge in [-0.2, -0.15) is 0 Å². The van der Waals surface area contributed by atoms with Gasteiger partial charge in [-0.1, -0.05) is 83.9 Å². The predicted molar refractivity (Wildman–Crippen MR) is 160 cm³/mol. The molecule has 4 nitrogen and oxygen atoms in total. The fourth-order valence-electron chi connectivity index (χ4n) is 4.39. The zero-order valence-electron chi connectivity index (χ0n) is 22.3. The SMILES string of the molecule is CC(=O)NCCCCc1ccc(OCc2cccc(-c3ccccc3)c2C)cc1OCc1ccc(Cl)c(Cl)c1. The number of aryl methyl sites for hydroxylation is 1. The van der Waals surface area contributed by atoms with Crippen LogP contribution in [0.1, 0.15) is 42.0 Å². The van der Waals surface area contributed by atoms with E-state index in [9.17, 15) is 4.79 Å². The minimum absolute atomic E-state index is 0.00769. The molecule has 4 rings (SSSR count). The highest BCUT2D eigenvalue weighted by Gasteiger charge is 2.11. The van der Waals surface area contributed by atoms with Crippen LogP contribution in [-0.2, 0) is 24.4 Å². The van der Waals surface area contributed by atoms with Crippen LogP contribution < -0.4 is 14.8 Å². The quantitative estimate of drug-likeness (QED) is 0.176. The summed E-state index contributed by atoms with van der Waals surface area (Å²) in [7, 11) is 0. The average molecular weight is 563 g/mol. The van der Waals surface area contributed by atoms with E-state index in [-0.39, 0.29) is 5.91 Å². The van der Waals surface area contributed by atoms with Crippen LogP contribution in [0.15, 0.2) is 84.9 Å². The fraction of sp³-hybridized carbons (Fsp3) is 0.242. The molecule has 6 heteroatoms. The molecular weight excluding hydrogens is 529 g/mol. The van der Waals surface area contributed by atoms with Crippen molar-refractivity contribution in [3.05, 3.63) is 117 Å². The number of unbranched alkanes of at least 4 members (excludes halogenated alkanes) is 1. The number of ether oxygens (including phenoxy) is 2. The Morgan fingerprint density at radius 3 is 2.38 bits per heavy atom. The Hall–Kier alpha value is -3.47. The highest BCUT2D eigenvalue weighted by Crippen LogP contribution is 2.30. The summed E-state index contributed by atoms with van der Waals surface area (Å²) in [5, 5.41) is 3.87. The maximum absolute atomic E-state index is 11.1. The second-order valence-corrected chi connectivity index (χ2v) is 10.3. The number of rotatable bonds is 12. The third-order valence-corrected chi connectivity index (χ3v) is 7.33. The van der Waals surface area contributed by atoms with Crippen molar-refractivity contribution in [2.45, 2.75) is 46.3 Å². The van der Waals surface area contributed by atoms with Gasteiger partial charge in [-0.3, -0.25) is 4.79 Å². The Kier molecular flexibility index (Phi) is 10.3. The number of carbonyl (C=O) groups is 1. The number of halogens is 2. The Morgan fingerprint density at radius 2 is 1.62 bits per heavy atom. The zero-order chi connectivity index (χ0) is 27.6. The first-order valence-corrected chi connectivity index (χ1v) is 13.9. The molecule has 0 fully saturated rings. The number of hydrogen-bond acceptors (Lipinski definition) is 3. The van der Waals surface area contributed by atoms with E-state index in [1.54, 1.807) is 6.07 Å². The lowest BCUT2D eigenvalue weighted by Crippen LogP contribution is -2.20. The van der Waals surface area contributed by atoms with E-state index in [1.165, 1.54) is 23.6 Å². The largest absolute Gasteiger partial charge is 0.489 e. The molecule has 0 bridgehead atoms. The molecule has 0 aromatic heterocycles. The van der Waals surface area contributed by atoms with Crippen LogP contribution in [0.3, 0.4) is 0 Å². The Balaban J connectivity index is 1.48. The summed E-state index contributed by atoms with van der Waals surface area (Å²) in [6.45, 7) is 5.15. The first-order valence-electron chi connectivity index (χ1n) is 13.1. The normalized spacial score (nSPS) is 10.8. The van der Waals surface area contributed by atoms with Crippen molar-refractivity contribution >= 4 is 29.1 Å². The zero-order valence-corrected chi connectivity index (χ0v) is 23.8. The molecule has 0 aliphatic heterocycles. The molecule has 0 unspecified atom stereocenters. The van der Waals surface area contributed by atoms with Gasteiger partial charge < -0.3 is 14.8 Å². The molecule has 0 heterocycles. The van der Waals surface area contributed by atoms with Gasteiger partial charge in [0.25, 0.3) is 0 Å². The smallest absolute Gasteiger partial charge is 0.216 e. The van der Waals surface area contributed by atoms with Gasteiger partial charge in [0.2, 0.25) is 5.91 Å². The minimum atomic E-state index is -0.00769. The first-order chi connectivity index (χ1) is 18.9. The van der Waals surface area contributed by atoms with Gasteiger partial charge >= 0.3 is 0 Å². The lowest BCUT2D eigenvalue weighted by Gasteiger charge is -2.16. The minimum Gasteiger partial charge on any atom is -0.489 e. The topological polar surface area (TPSA) is 47.6 Å². The van der Waals surface area contributed by atoms with Gasteiger partial charge in [0, 0.05) is 19.5 Å². The van der Waals surface area contributed by atoms with E-state index >= 15 is 0 Å². The number of nitrogens with one attached hydrogen (secondary N) is 1. The highest BCUT2D eigenvalue weighted by molar-refractivity contribution is 6.42. The second-order valence-electron chi connectivity index (χ2n) is 9.49. The molecule has 0 saturated carbocycles. The summed E-state index contributed by atoms with van der Waals surface area (Å²) in [6.07, 6.45) is 2.64. The molecule has 0 spiro atoms. The monoisotopic (exact) mass is 561 g/mol. The molecule has 202 valence electrons. The Labute approximate surface area is 240 Å². The van der Waals surface area contributed by atoms with Crippen molar-refractivity contribution in [1.82, 2.24) is 5.32 Å². The molecule has 0 aliphatic rings. The van der Waals surface area contributed by atoms with E-state index in [0.717, 1.165) is 47.5 Å². The van der Waals surface area contributed by atoms with Crippen molar-refractivity contribution < 1.29 is 14.3 Å². The number of benzene rings is 4. The summed E-state index contributed by atoms with van der Waals surface area (Å²) in [4.78, 5) is 11.1. The van der Waals surface area contributed by atoms with E-state index in [0.29, 0.717) is 29.8 Å². The van der Waals surface area contributed by atoms with E-state index < -0.39 is 0 Å². The van der Waals surface area contributed by atoms with Crippen LogP contribution in [0.2, 0.25) is 10.0 Å². The molecule has 4 aromatic carbocycles. The number of hydrogen-bond donors (Lipinski definition) is 1. The number of carbonyl (C=O) groups excluding carboxylic acids is 1. The lowest BCUT2D eigenvalue weighted by atomic mass is 9.97.